The molecular formula is C44H47N4O8P. The number of nitrogens with one attached hydrogen (secondary N) is 1. The van der Waals surface area contributed by atoms with E-state index in [0.717, 1.165) is 46.7 Å². The molecule has 3 aliphatic rings. The van der Waals surface area contributed by atoms with Crippen LogP contribution in [0.1, 0.15) is 61.3 Å². The molecule has 0 aliphatic carbocycles. The topological polar surface area (TPSA) is 123 Å². The fourth-order valence-corrected chi connectivity index (χ4v) is 9.60. The number of nitrogens with zero attached hydrogens (tertiary/aromatic N) is 3. The normalized spacial score (nSPS) is 23.2. The lowest BCUT2D eigenvalue weighted by Crippen LogP contribution is -2.43. The van der Waals surface area contributed by atoms with Gasteiger partial charge in [-0.15, -0.1) is 0 Å². The molecule has 3 fully saturated rings. The first-order valence-electron chi connectivity index (χ1n) is 19.3. The predicted octanol–water partition coefficient (Wildman–Crippen LogP) is 7.61. The van der Waals surface area contributed by atoms with Gasteiger partial charge in [0.25, 0.3) is 8.53 Å². The van der Waals surface area contributed by atoms with Gasteiger partial charge in [0, 0.05) is 31.1 Å². The number of anilines is 1. The minimum Gasteiger partial charge on any atom is -0.497 e. The molecule has 1 N–H and O–H groups in total. The van der Waals surface area contributed by atoms with Gasteiger partial charge in [0.05, 0.1) is 26.9 Å². The average Bonchev–Trinajstić information content (AvgIpc) is 3.74. The van der Waals surface area contributed by atoms with E-state index < -0.39 is 38.3 Å². The summed E-state index contributed by atoms with van der Waals surface area (Å²) in [6, 6.07) is 37.9. The molecule has 8 rings (SSSR count). The van der Waals surface area contributed by atoms with Gasteiger partial charge in [0.2, 0.25) is 5.91 Å². The standard InChI is InChI=1S/C44H47N4O8P/c1-29(2)42(49)45-39-24-25-47(43(50)46-39)40-27-37(55-57-48-26-23-36(48)41(56-57)30-11-7-5-8-12-30)38(54-40)28-53-44(31-13-9-6-10-14-31,32-15-19-34(51-3)20-16-32)33-17-21-35(52-4)22-18-33/h5-22,24-25,29,36-38,40-41H,23,26-28H2,1-4H3,(H,45,46,49,50)/t36-,37-,38+,40+,41+,57?/m0/s1. The largest absolute Gasteiger partial charge is 0.497 e. The first-order valence-corrected chi connectivity index (χ1v) is 20.4. The first kappa shape index (κ1) is 38.9. The number of carbonyl (C=O) groups excluding carboxylic acids is 1. The fraction of sp³-hybridized carbons (Fsp3) is 0.341. The summed E-state index contributed by atoms with van der Waals surface area (Å²) >= 11 is 0. The van der Waals surface area contributed by atoms with Crippen molar-refractivity contribution in [3.8, 4) is 11.5 Å². The van der Waals surface area contributed by atoms with Crippen molar-refractivity contribution in [3.05, 3.63) is 154 Å². The Kier molecular flexibility index (Phi) is 11.5. The minimum absolute atomic E-state index is 0.0908. The molecule has 0 bridgehead atoms. The Bertz CT molecular complexity index is 2140. The highest BCUT2D eigenvalue weighted by molar-refractivity contribution is 7.45. The van der Waals surface area contributed by atoms with E-state index in [1.807, 2.05) is 84.9 Å². The smallest absolute Gasteiger partial charge is 0.351 e. The summed E-state index contributed by atoms with van der Waals surface area (Å²) in [5.41, 5.74) is 2.13. The zero-order chi connectivity index (χ0) is 39.5. The fourth-order valence-electron chi connectivity index (χ4n) is 7.64. The van der Waals surface area contributed by atoms with Crippen LogP contribution in [0.15, 0.2) is 126 Å². The third-order valence-electron chi connectivity index (χ3n) is 10.9. The van der Waals surface area contributed by atoms with E-state index in [1.165, 1.54) is 4.57 Å². The van der Waals surface area contributed by atoms with E-state index in [-0.39, 0.29) is 36.4 Å². The Balaban J connectivity index is 1.14. The van der Waals surface area contributed by atoms with Gasteiger partial charge in [0.1, 0.15) is 41.4 Å². The summed E-state index contributed by atoms with van der Waals surface area (Å²) < 4.78 is 42.5. The monoisotopic (exact) mass is 790 g/mol. The number of ether oxygens (including phenoxy) is 4. The predicted molar refractivity (Wildman–Crippen MR) is 216 cm³/mol. The van der Waals surface area contributed by atoms with Gasteiger partial charge in [-0.3, -0.25) is 9.36 Å². The van der Waals surface area contributed by atoms with Crippen LogP contribution in [0.5, 0.6) is 11.5 Å². The second kappa shape index (κ2) is 16.9. The van der Waals surface area contributed by atoms with Crippen LogP contribution in [0.4, 0.5) is 5.82 Å². The van der Waals surface area contributed by atoms with Crippen LogP contribution >= 0.6 is 8.53 Å². The molecule has 296 valence electrons. The molecule has 1 aromatic heterocycles. The molecule has 0 spiro atoms. The molecule has 3 saturated heterocycles. The summed E-state index contributed by atoms with van der Waals surface area (Å²) in [5.74, 6) is 1.13. The SMILES string of the molecule is COc1ccc(C(OC[C@H]2O[C@@H](n3ccc(NC(=O)C(C)C)nc3=O)C[C@@H]2OP2O[C@H](c3ccccc3)[C@@H]3CCN32)(c2ccccc2)c2ccc(OC)cc2)cc1. The molecule has 12 nitrogen and oxygen atoms in total. The van der Waals surface area contributed by atoms with Gasteiger partial charge in [-0.1, -0.05) is 98.8 Å². The van der Waals surface area contributed by atoms with Crippen molar-refractivity contribution in [3.63, 3.8) is 0 Å². The van der Waals surface area contributed by atoms with Crippen molar-refractivity contribution in [2.24, 2.45) is 5.92 Å². The van der Waals surface area contributed by atoms with Crippen LogP contribution < -0.4 is 20.5 Å². The van der Waals surface area contributed by atoms with E-state index in [4.69, 9.17) is 28.0 Å². The summed E-state index contributed by atoms with van der Waals surface area (Å²) in [6.45, 7) is 4.52. The van der Waals surface area contributed by atoms with Crippen LogP contribution in [0.25, 0.3) is 0 Å². The van der Waals surface area contributed by atoms with Gasteiger partial charge in [-0.2, -0.15) is 4.98 Å². The maximum atomic E-state index is 13.5. The van der Waals surface area contributed by atoms with E-state index in [1.54, 1.807) is 40.3 Å². The number of rotatable bonds is 14. The summed E-state index contributed by atoms with van der Waals surface area (Å²) in [6.07, 6.45) is 1.01. The quantitative estimate of drug-likeness (QED) is 0.0889. The van der Waals surface area contributed by atoms with Crippen molar-refractivity contribution in [1.82, 2.24) is 14.2 Å². The number of amides is 1. The lowest BCUT2D eigenvalue weighted by Gasteiger charge is -2.38. The van der Waals surface area contributed by atoms with Crippen molar-refractivity contribution in [2.75, 3.05) is 32.7 Å². The van der Waals surface area contributed by atoms with E-state index in [0.29, 0.717) is 6.42 Å². The number of hydrogen-bond donors (Lipinski definition) is 1. The van der Waals surface area contributed by atoms with Crippen LogP contribution in [0, 0.1) is 5.92 Å². The number of methoxy groups -OCH3 is 2. The van der Waals surface area contributed by atoms with E-state index in [2.05, 4.69) is 39.2 Å². The highest BCUT2D eigenvalue weighted by atomic mass is 31.2. The zero-order valence-electron chi connectivity index (χ0n) is 32.4. The molecule has 1 unspecified atom stereocenters. The molecule has 0 radical (unpaired) electrons. The number of aromatic nitrogens is 2. The number of carbonyl (C=O) groups is 1. The number of hydrogen-bond acceptors (Lipinski definition) is 10. The molecule has 1 amide bonds. The molecular weight excluding hydrogens is 743 g/mol. The van der Waals surface area contributed by atoms with Gasteiger partial charge in [0.15, 0.2) is 0 Å². The number of fused-ring (bicyclic) bond motifs is 1. The zero-order valence-corrected chi connectivity index (χ0v) is 33.3. The molecule has 4 aromatic carbocycles. The van der Waals surface area contributed by atoms with Crippen molar-refractivity contribution in [2.45, 2.75) is 62.9 Å². The van der Waals surface area contributed by atoms with Gasteiger partial charge < -0.3 is 33.3 Å². The lowest BCUT2D eigenvalue weighted by atomic mass is 9.80. The Labute approximate surface area is 333 Å². The Morgan fingerprint density at radius 2 is 1.49 bits per heavy atom. The van der Waals surface area contributed by atoms with Gasteiger partial charge in [-0.05, 0) is 59.0 Å². The van der Waals surface area contributed by atoms with Gasteiger partial charge in [-0.25, -0.2) is 9.46 Å². The maximum Gasteiger partial charge on any atom is 0.351 e. The molecule has 3 aliphatic heterocycles. The van der Waals surface area contributed by atoms with Crippen molar-refractivity contribution < 1.29 is 32.8 Å². The molecule has 57 heavy (non-hydrogen) atoms. The Hall–Kier alpha value is -4.94. The number of benzene rings is 4. The van der Waals surface area contributed by atoms with Crippen LogP contribution in [-0.4, -0.2) is 65.7 Å². The summed E-state index contributed by atoms with van der Waals surface area (Å²) in [4.78, 5) is 30.1. The summed E-state index contributed by atoms with van der Waals surface area (Å²) in [5, 5.41) is 2.71. The molecule has 6 atom stereocenters. The van der Waals surface area contributed by atoms with E-state index in [9.17, 15) is 9.59 Å². The maximum absolute atomic E-state index is 13.5. The second-order valence-corrected chi connectivity index (χ2v) is 16.1. The van der Waals surface area contributed by atoms with Gasteiger partial charge >= 0.3 is 5.69 Å². The van der Waals surface area contributed by atoms with Crippen molar-refractivity contribution in [1.29, 1.82) is 0 Å². The van der Waals surface area contributed by atoms with Crippen LogP contribution in [-0.2, 0) is 28.9 Å². The third kappa shape index (κ3) is 7.86. The average molecular weight is 791 g/mol. The first-order chi connectivity index (χ1) is 27.8. The highest BCUT2D eigenvalue weighted by Gasteiger charge is 2.53. The molecule has 13 heteroatoms. The molecule has 5 aromatic rings. The molecule has 4 heterocycles. The summed E-state index contributed by atoms with van der Waals surface area (Å²) in [7, 11) is 1.85. The Morgan fingerprint density at radius 1 is 0.877 bits per heavy atom. The Morgan fingerprint density at radius 3 is 2.05 bits per heavy atom. The van der Waals surface area contributed by atoms with Crippen LogP contribution in [0.3, 0.4) is 0 Å². The lowest BCUT2D eigenvalue weighted by molar-refractivity contribution is -0.118. The van der Waals surface area contributed by atoms with Crippen molar-refractivity contribution >= 4 is 20.3 Å². The highest BCUT2D eigenvalue weighted by Crippen LogP contribution is 2.63. The third-order valence-corrected chi connectivity index (χ3v) is 12.7. The second-order valence-electron chi connectivity index (χ2n) is 14.7. The molecule has 0 saturated carbocycles. The minimum atomic E-state index is -1.44. The van der Waals surface area contributed by atoms with Crippen LogP contribution in [0.2, 0.25) is 0 Å². The van der Waals surface area contributed by atoms with E-state index >= 15 is 0 Å².